The molecule has 3 nitrogen and oxygen atoms in total. The van der Waals surface area contributed by atoms with E-state index in [4.69, 9.17) is 21.8 Å². The smallest absolute Gasteiger partial charge is 0.229 e. The molecule has 90 valence electrons. The van der Waals surface area contributed by atoms with E-state index in [0.717, 1.165) is 0 Å². The molecule has 0 saturated carbocycles. The Balaban J connectivity index is 2.26. The molecular formula is C13H8ClFN2O. The number of nitrogens with zero attached hydrogens (tertiary/aromatic N) is 1. The second-order valence-corrected chi connectivity index (χ2v) is 4.25. The third kappa shape index (κ3) is 1.71. The summed E-state index contributed by atoms with van der Waals surface area (Å²) >= 11 is 5.90. The number of hydrogen-bond acceptors (Lipinski definition) is 3. The lowest BCUT2D eigenvalue weighted by Gasteiger charge is -1.98. The number of nitrogen functional groups attached to an aromatic ring is 1. The van der Waals surface area contributed by atoms with E-state index < -0.39 is 5.82 Å². The number of rotatable bonds is 1. The molecule has 3 rings (SSSR count). The lowest BCUT2D eigenvalue weighted by Crippen LogP contribution is -1.88. The molecule has 0 aliphatic carbocycles. The second-order valence-electron chi connectivity index (χ2n) is 3.84. The van der Waals surface area contributed by atoms with Crippen molar-refractivity contribution in [3.05, 3.63) is 47.2 Å². The molecule has 0 unspecified atom stereocenters. The molecule has 0 saturated heterocycles. The normalized spacial score (nSPS) is 11.0. The molecule has 1 heterocycles. The summed E-state index contributed by atoms with van der Waals surface area (Å²) in [7, 11) is 0. The van der Waals surface area contributed by atoms with Gasteiger partial charge in [-0.3, -0.25) is 0 Å². The van der Waals surface area contributed by atoms with Crippen molar-refractivity contribution in [2.75, 3.05) is 5.73 Å². The van der Waals surface area contributed by atoms with Crippen molar-refractivity contribution in [3.8, 4) is 11.5 Å². The first-order valence-electron chi connectivity index (χ1n) is 5.25. The van der Waals surface area contributed by atoms with Gasteiger partial charge in [-0.05, 0) is 18.2 Å². The first-order chi connectivity index (χ1) is 8.65. The van der Waals surface area contributed by atoms with Crippen molar-refractivity contribution in [3.63, 3.8) is 0 Å². The monoisotopic (exact) mass is 262 g/mol. The van der Waals surface area contributed by atoms with Crippen molar-refractivity contribution >= 4 is 28.4 Å². The topological polar surface area (TPSA) is 52.0 Å². The second kappa shape index (κ2) is 3.99. The summed E-state index contributed by atoms with van der Waals surface area (Å²) in [6, 6.07) is 9.62. The first-order valence-corrected chi connectivity index (χ1v) is 5.63. The maximum absolute atomic E-state index is 13.2. The SMILES string of the molecule is Nc1ccccc1-c1nc2cc(F)cc(Cl)c2o1. The number of hydrogen-bond donors (Lipinski definition) is 1. The van der Waals surface area contributed by atoms with Crippen LogP contribution in [0.1, 0.15) is 0 Å². The minimum atomic E-state index is -0.451. The van der Waals surface area contributed by atoms with E-state index in [2.05, 4.69) is 4.98 Å². The van der Waals surface area contributed by atoms with Crippen LogP contribution >= 0.6 is 11.6 Å². The largest absolute Gasteiger partial charge is 0.434 e. The third-order valence-electron chi connectivity index (χ3n) is 2.60. The number of nitrogens with two attached hydrogens (primary N) is 1. The average Bonchev–Trinajstić information content (AvgIpc) is 2.73. The van der Waals surface area contributed by atoms with Crippen LogP contribution < -0.4 is 5.73 Å². The van der Waals surface area contributed by atoms with Gasteiger partial charge in [0.15, 0.2) is 5.58 Å². The highest BCUT2D eigenvalue weighted by molar-refractivity contribution is 6.34. The van der Waals surface area contributed by atoms with Crippen LogP contribution in [0.5, 0.6) is 0 Å². The van der Waals surface area contributed by atoms with Crippen LogP contribution in [-0.4, -0.2) is 4.98 Å². The molecule has 18 heavy (non-hydrogen) atoms. The molecule has 2 aromatic carbocycles. The van der Waals surface area contributed by atoms with Crippen molar-refractivity contribution in [2.24, 2.45) is 0 Å². The highest BCUT2D eigenvalue weighted by atomic mass is 35.5. The van der Waals surface area contributed by atoms with E-state index in [-0.39, 0.29) is 5.02 Å². The number of anilines is 1. The zero-order valence-corrected chi connectivity index (χ0v) is 9.91. The molecule has 0 radical (unpaired) electrons. The van der Waals surface area contributed by atoms with E-state index in [1.807, 2.05) is 12.1 Å². The Bertz CT molecular complexity index is 739. The Morgan fingerprint density at radius 1 is 1.22 bits per heavy atom. The number of aromatic nitrogens is 1. The molecule has 0 fully saturated rings. The number of fused-ring (bicyclic) bond motifs is 1. The molecule has 0 bridgehead atoms. The predicted molar refractivity (Wildman–Crippen MR) is 68.8 cm³/mol. The van der Waals surface area contributed by atoms with Gasteiger partial charge < -0.3 is 10.2 Å². The highest BCUT2D eigenvalue weighted by Gasteiger charge is 2.13. The molecule has 1 aromatic heterocycles. The van der Waals surface area contributed by atoms with Gasteiger partial charge in [-0.25, -0.2) is 9.37 Å². The summed E-state index contributed by atoms with van der Waals surface area (Å²) in [5.74, 6) is -0.121. The Kier molecular flexibility index (Phi) is 2.45. The maximum atomic E-state index is 13.2. The van der Waals surface area contributed by atoms with Crippen molar-refractivity contribution in [1.82, 2.24) is 4.98 Å². The standard InChI is InChI=1S/C13H8ClFN2O/c14-9-5-7(15)6-11-12(9)18-13(17-11)8-3-1-2-4-10(8)16/h1-6H,16H2. The fourth-order valence-corrected chi connectivity index (χ4v) is 2.01. The van der Waals surface area contributed by atoms with Gasteiger partial charge in [0.1, 0.15) is 11.3 Å². The Morgan fingerprint density at radius 2 is 2.00 bits per heavy atom. The van der Waals surface area contributed by atoms with Crippen LogP contribution in [0.15, 0.2) is 40.8 Å². The number of halogens is 2. The van der Waals surface area contributed by atoms with Crippen molar-refractivity contribution in [2.45, 2.75) is 0 Å². The van der Waals surface area contributed by atoms with Crippen LogP contribution in [0.4, 0.5) is 10.1 Å². The molecular weight excluding hydrogens is 255 g/mol. The van der Waals surface area contributed by atoms with E-state index in [0.29, 0.717) is 28.2 Å². The van der Waals surface area contributed by atoms with Crippen molar-refractivity contribution in [1.29, 1.82) is 0 Å². The van der Waals surface area contributed by atoms with E-state index in [1.54, 1.807) is 12.1 Å². The molecule has 0 atom stereocenters. The zero-order chi connectivity index (χ0) is 12.7. The minimum absolute atomic E-state index is 0.193. The summed E-state index contributed by atoms with van der Waals surface area (Å²) in [4.78, 5) is 4.19. The van der Waals surface area contributed by atoms with E-state index in [9.17, 15) is 4.39 Å². The zero-order valence-electron chi connectivity index (χ0n) is 9.15. The number of para-hydroxylation sites is 1. The maximum Gasteiger partial charge on any atom is 0.229 e. The summed E-state index contributed by atoms with van der Waals surface area (Å²) < 4.78 is 18.7. The third-order valence-corrected chi connectivity index (χ3v) is 2.88. The predicted octanol–water partition coefficient (Wildman–Crippen LogP) is 3.87. The van der Waals surface area contributed by atoms with E-state index >= 15 is 0 Å². The molecule has 0 amide bonds. The molecule has 3 aromatic rings. The van der Waals surface area contributed by atoms with Gasteiger partial charge in [0.05, 0.1) is 10.6 Å². The van der Waals surface area contributed by atoms with Gasteiger partial charge in [0, 0.05) is 11.8 Å². The fraction of sp³-hybridized carbons (Fsp3) is 0. The molecule has 5 heteroatoms. The Labute approximate surface area is 107 Å². The minimum Gasteiger partial charge on any atom is -0.434 e. The van der Waals surface area contributed by atoms with Crippen LogP contribution in [-0.2, 0) is 0 Å². The molecule has 0 aliphatic rings. The number of oxazole rings is 1. The number of benzene rings is 2. The van der Waals surface area contributed by atoms with E-state index in [1.165, 1.54) is 12.1 Å². The van der Waals surface area contributed by atoms with Crippen molar-refractivity contribution < 1.29 is 8.81 Å². The quantitative estimate of drug-likeness (QED) is 0.677. The van der Waals surface area contributed by atoms with Gasteiger partial charge in [0.25, 0.3) is 0 Å². The average molecular weight is 263 g/mol. The van der Waals surface area contributed by atoms with Gasteiger partial charge >= 0.3 is 0 Å². The van der Waals surface area contributed by atoms with Gasteiger partial charge in [-0.2, -0.15) is 0 Å². The molecule has 0 aliphatic heterocycles. The lowest BCUT2D eigenvalue weighted by molar-refractivity contribution is 0.614. The summed E-state index contributed by atoms with van der Waals surface area (Å²) in [5, 5.41) is 0.193. The Morgan fingerprint density at radius 3 is 2.78 bits per heavy atom. The van der Waals surface area contributed by atoms with Crippen LogP contribution in [0.25, 0.3) is 22.6 Å². The van der Waals surface area contributed by atoms with Crippen LogP contribution in [0.3, 0.4) is 0 Å². The van der Waals surface area contributed by atoms with Gasteiger partial charge in [-0.15, -0.1) is 0 Å². The summed E-state index contributed by atoms with van der Waals surface area (Å²) in [6.07, 6.45) is 0. The first kappa shape index (κ1) is 11.0. The molecule has 2 N–H and O–H groups in total. The van der Waals surface area contributed by atoms with Crippen LogP contribution in [0, 0.1) is 5.82 Å². The van der Waals surface area contributed by atoms with Gasteiger partial charge in [-0.1, -0.05) is 23.7 Å². The highest BCUT2D eigenvalue weighted by Crippen LogP contribution is 2.32. The fourth-order valence-electron chi connectivity index (χ4n) is 1.77. The Hall–Kier alpha value is -2.07. The summed E-state index contributed by atoms with van der Waals surface area (Å²) in [5.41, 5.74) is 7.77. The van der Waals surface area contributed by atoms with Gasteiger partial charge in [0.2, 0.25) is 5.89 Å². The van der Waals surface area contributed by atoms with Crippen LogP contribution in [0.2, 0.25) is 5.02 Å². The summed E-state index contributed by atoms with van der Waals surface area (Å²) in [6.45, 7) is 0. The molecule has 0 spiro atoms. The lowest BCUT2D eigenvalue weighted by atomic mass is 10.2.